The van der Waals surface area contributed by atoms with Crippen molar-refractivity contribution in [2.24, 2.45) is 0 Å². The minimum absolute atomic E-state index is 0.0218. The van der Waals surface area contributed by atoms with Crippen molar-refractivity contribution in [2.75, 3.05) is 14.2 Å². The highest BCUT2D eigenvalue weighted by Gasteiger charge is 2.57. The fourth-order valence-electron chi connectivity index (χ4n) is 3.72. The van der Waals surface area contributed by atoms with Gasteiger partial charge >= 0.3 is 12.1 Å². The third-order valence-corrected chi connectivity index (χ3v) is 4.91. The molecular formula is C21H36N2O9. The first-order valence-corrected chi connectivity index (χ1v) is 10.6. The minimum Gasteiger partial charge on any atom is -0.469 e. The fraction of sp³-hybridized carbons (Fsp3) is 0.857. The largest absolute Gasteiger partial charge is 0.469 e. The Labute approximate surface area is 188 Å². The van der Waals surface area contributed by atoms with Gasteiger partial charge in [-0.15, -0.1) is 0 Å². The summed E-state index contributed by atoms with van der Waals surface area (Å²) in [6.45, 7) is 10.4. The van der Waals surface area contributed by atoms with Crippen LogP contribution in [0.2, 0.25) is 0 Å². The zero-order chi connectivity index (χ0) is 24.3. The summed E-state index contributed by atoms with van der Waals surface area (Å²) in [4.78, 5) is 36.6. The molecule has 6 atom stereocenters. The van der Waals surface area contributed by atoms with Gasteiger partial charge in [-0.25, -0.2) is 4.79 Å². The molecule has 2 rings (SSSR count). The van der Waals surface area contributed by atoms with Gasteiger partial charge in [0.2, 0.25) is 5.91 Å². The summed E-state index contributed by atoms with van der Waals surface area (Å²) in [6.07, 6.45) is -3.38. The van der Waals surface area contributed by atoms with Crippen molar-refractivity contribution in [3.8, 4) is 0 Å². The molecule has 11 heteroatoms. The number of hydrogen-bond donors (Lipinski definition) is 2. The monoisotopic (exact) mass is 460 g/mol. The lowest BCUT2D eigenvalue weighted by molar-refractivity contribution is -0.220. The lowest BCUT2D eigenvalue weighted by atomic mass is 10.00. The maximum atomic E-state index is 12.7. The molecular weight excluding hydrogens is 424 g/mol. The van der Waals surface area contributed by atoms with E-state index >= 15 is 0 Å². The van der Waals surface area contributed by atoms with Gasteiger partial charge in [-0.1, -0.05) is 0 Å². The fourth-order valence-corrected chi connectivity index (χ4v) is 3.72. The van der Waals surface area contributed by atoms with E-state index in [0.717, 1.165) is 0 Å². The van der Waals surface area contributed by atoms with E-state index in [0.29, 0.717) is 0 Å². The molecule has 2 fully saturated rings. The van der Waals surface area contributed by atoms with Crippen LogP contribution >= 0.6 is 0 Å². The number of carbonyl (C=O) groups excluding carboxylic acids is 3. The molecule has 0 unspecified atom stereocenters. The van der Waals surface area contributed by atoms with Crippen LogP contribution in [-0.2, 0) is 38.0 Å². The van der Waals surface area contributed by atoms with Crippen LogP contribution in [0.1, 0.15) is 54.4 Å². The molecule has 11 nitrogen and oxygen atoms in total. The van der Waals surface area contributed by atoms with E-state index in [4.69, 9.17) is 23.7 Å². The smallest absolute Gasteiger partial charge is 0.407 e. The molecule has 0 radical (unpaired) electrons. The zero-order valence-electron chi connectivity index (χ0n) is 20.1. The van der Waals surface area contributed by atoms with Gasteiger partial charge in [0.1, 0.15) is 23.9 Å². The van der Waals surface area contributed by atoms with Gasteiger partial charge in [-0.2, -0.15) is 0 Å². The lowest BCUT2D eigenvalue weighted by Gasteiger charge is -2.31. The zero-order valence-corrected chi connectivity index (χ0v) is 20.1. The van der Waals surface area contributed by atoms with Crippen molar-refractivity contribution in [1.82, 2.24) is 10.6 Å². The molecule has 0 bridgehead atoms. The maximum Gasteiger partial charge on any atom is 0.407 e. The first-order valence-electron chi connectivity index (χ1n) is 10.6. The lowest BCUT2D eigenvalue weighted by Crippen LogP contribution is -2.53. The molecule has 2 amide bonds. The summed E-state index contributed by atoms with van der Waals surface area (Å²) in [5.41, 5.74) is -0.726. The van der Waals surface area contributed by atoms with Crippen LogP contribution in [0.3, 0.4) is 0 Å². The van der Waals surface area contributed by atoms with Crippen LogP contribution in [-0.4, -0.2) is 80.3 Å². The van der Waals surface area contributed by atoms with E-state index in [1.807, 2.05) is 0 Å². The minimum atomic E-state index is -0.841. The molecule has 2 aliphatic rings. The van der Waals surface area contributed by atoms with E-state index in [1.54, 1.807) is 41.5 Å². The molecule has 2 heterocycles. The molecule has 2 N–H and O–H groups in total. The van der Waals surface area contributed by atoms with Crippen molar-refractivity contribution in [3.63, 3.8) is 0 Å². The van der Waals surface area contributed by atoms with Crippen molar-refractivity contribution in [3.05, 3.63) is 0 Å². The Balaban J connectivity index is 2.13. The Kier molecular flexibility index (Phi) is 8.49. The van der Waals surface area contributed by atoms with Gasteiger partial charge in [0.25, 0.3) is 0 Å². The second-order valence-corrected chi connectivity index (χ2v) is 9.48. The van der Waals surface area contributed by atoms with Gasteiger partial charge in [0.15, 0.2) is 12.1 Å². The van der Waals surface area contributed by atoms with E-state index in [2.05, 4.69) is 15.4 Å². The van der Waals surface area contributed by atoms with Gasteiger partial charge in [-0.05, 0) is 41.5 Å². The summed E-state index contributed by atoms with van der Waals surface area (Å²) in [5.74, 6) is -1.67. The van der Waals surface area contributed by atoms with Crippen LogP contribution in [0.4, 0.5) is 4.79 Å². The van der Waals surface area contributed by atoms with Gasteiger partial charge in [0, 0.05) is 19.6 Å². The number of hydrogen-bond acceptors (Lipinski definition) is 9. The van der Waals surface area contributed by atoms with E-state index in [-0.39, 0.29) is 18.7 Å². The Morgan fingerprint density at radius 1 is 1.06 bits per heavy atom. The Morgan fingerprint density at radius 2 is 1.72 bits per heavy atom. The number of carbonyl (C=O) groups is 3. The second kappa shape index (κ2) is 10.3. The standard InChI is InChI=1S/C21H36N2O9/c1-11(9-14(25)27-7)22-13(24)10-12(23-19(26)32-20(2,3)4)15-16(28-8)17-18(29-15)31-21(5,6)30-17/h11-12,15-18H,9-10H2,1-8H3,(H,22,24)(H,23,26)/t11-,12+,15-,16+,17-,18-/m1/s1. The summed E-state index contributed by atoms with van der Waals surface area (Å²) >= 11 is 0. The van der Waals surface area contributed by atoms with Crippen molar-refractivity contribution in [2.45, 2.75) is 102 Å². The highest BCUT2D eigenvalue weighted by molar-refractivity contribution is 5.79. The van der Waals surface area contributed by atoms with Crippen molar-refractivity contribution in [1.29, 1.82) is 0 Å². The molecule has 184 valence electrons. The average Bonchev–Trinajstić information content (AvgIpc) is 3.10. The summed E-state index contributed by atoms with van der Waals surface area (Å²) in [5, 5.41) is 5.44. The number of amides is 2. The number of rotatable bonds is 8. The van der Waals surface area contributed by atoms with E-state index < -0.39 is 60.1 Å². The molecule has 0 aromatic carbocycles. The van der Waals surface area contributed by atoms with Crippen molar-refractivity contribution < 1.29 is 42.8 Å². The van der Waals surface area contributed by atoms with Crippen molar-refractivity contribution >= 4 is 18.0 Å². The molecule has 0 aromatic heterocycles. The molecule has 0 saturated carbocycles. The Morgan fingerprint density at radius 3 is 2.28 bits per heavy atom. The normalized spacial score (nSPS) is 28.4. The number of esters is 1. The van der Waals surface area contributed by atoms with E-state index in [9.17, 15) is 14.4 Å². The SMILES string of the molecule is COC(=O)C[C@@H](C)NC(=O)C[C@H](NC(=O)OC(C)(C)C)[C@H]1O[C@@H]2OC(C)(C)O[C@@H]2[C@H]1OC. The highest BCUT2D eigenvalue weighted by Crippen LogP contribution is 2.39. The third kappa shape index (κ3) is 7.29. The summed E-state index contributed by atoms with van der Waals surface area (Å²) in [7, 11) is 2.78. The Bertz CT molecular complexity index is 691. The maximum absolute atomic E-state index is 12.7. The summed E-state index contributed by atoms with van der Waals surface area (Å²) in [6, 6.07) is -1.26. The number of methoxy groups -OCH3 is 2. The highest BCUT2D eigenvalue weighted by atomic mass is 16.8. The molecule has 0 spiro atoms. The predicted molar refractivity (Wildman–Crippen MR) is 112 cm³/mol. The van der Waals surface area contributed by atoms with Crippen LogP contribution in [0.15, 0.2) is 0 Å². The molecule has 0 aromatic rings. The van der Waals surface area contributed by atoms with Gasteiger partial charge in [-0.3, -0.25) is 9.59 Å². The first-order chi connectivity index (χ1) is 14.7. The molecule has 2 aliphatic heterocycles. The number of nitrogens with one attached hydrogen (secondary N) is 2. The molecule has 32 heavy (non-hydrogen) atoms. The second-order valence-electron chi connectivity index (χ2n) is 9.48. The van der Waals surface area contributed by atoms with Crippen LogP contribution < -0.4 is 10.6 Å². The predicted octanol–water partition coefficient (Wildman–Crippen LogP) is 1.23. The summed E-state index contributed by atoms with van der Waals surface area (Å²) < 4.78 is 33.3. The van der Waals surface area contributed by atoms with Crippen LogP contribution in [0.5, 0.6) is 0 Å². The molecule has 0 aliphatic carbocycles. The first kappa shape index (κ1) is 26.3. The number of fused-ring (bicyclic) bond motifs is 1. The van der Waals surface area contributed by atoms with Crippen LogP contribution in [0, 0.1) is 0 Å². The third-order valence-electron chi connectivity index (χ3n) is 4.91. The Hall–Kier alpha value is -1.95. The van der Waals surface area contributed by atoms with Gasteiger partial charge < -0.3 is 39.1 Å². The van der Waals surface area contributed by atoms with Gasteiger partial charge in [0.05, 0.1) is 19.6 Å². The van der Waals surface area contributed by atoms with E-state index in [1.165, 1.54) is 14.2 Å². The van der Waals surface area contributed by atoms with Crippen LogP contribution in [0.25, 0.3) is 0 Å². The quantitative estimate of drug-likeness (QED) is 0.514. The topological polar surface area (TPSA) is 131 Å². The number of alkyl carbamates (subject to hydrolysis) is 1. The average molecular weight is 461 g/mol. The molecule has 2 saturated heterocycles. The number of ether oxygens (including phenoxy) is 6.